The lowest BCUT2D eigenvalue weighted by Gasteiger charge is -2.25. The molecule has 9 heteroatoms. The number of likely N-dealkylation sites (tertiary alicyclic amines) is 1. The Bertz CT molecular complexity index is 981. The van der Waals surface area contributed by atoms with Gasteiger partial charge in [0, 0.05) is 36.5 Å². The summed E-state index contributed by atoms with van der Waals surface area (Å²) in [7, 11) is -3.98. The van der Waals surface area contributed by atoms with Gasteiger partial charge in [0.2, 0.25) is 0 Å². The van der Waals surface area contributed by atoms with Gasteiger partial charge in [-0.25, -0.2) is 8.42 Å². The van der Waals surface area contributed by atoms with Crippen molar-refractivity contribution < 1.29 is 18.1 Å². The maximum Gasteiger partial charge on any atom is 0.270 e. The van der Waals surface area contributed by atoms with Crippen LogP contribution in [0.4, 0.5) is 11.4 Å². The van der Waals surface area contributed by atoms with Crippen LogP contribution >= 0.6 is 0 Å². The number of anilines is 1. The van der Waals surface area contributed by atoms with Crippen LogP contribution in [0, 0.1) is 10.1 Å². The Kier molecular flexibility index (Phi) is 6.48. The molecule has 1 N–H and O–H groups in total. The summed E-state index contributed by atoms with van der Waals surface area (Å²) in [4.78, 5) is 24.6. The van der Waals surface area contributed by atoms with Crippen molar-refractivity contribution in [3.05, 3.63) is 64.2 Å². The van der Waals surface area contributed by atoms with E-state index in [1.54, 1.807) is 12.1 Å². The Morgan fingerprint density at radius 1 is 0.966 bits per heavy atom. The van der Waals surface area contributed by atoms with Crippen molar-refractivity contribution in [3.8, 4) is 0 Å². The number of nitrogens with one attached hydrogen (secondary N) is 1. The van der Waals surface area contributed by atoms with E-state index in [0.29, 0.717) is 5.56 Å². The predicted molar refractivity (Wildman–Crippen MR) is 109 cm³/mol. The van der Waals surface area contributed by atoms with E-state index in [4.69, 9.17) is 0 Å². The molecule has 1 amide bonds. The summed E-state index contributed by atoms with van der Waals surface area (Å²) in [5.74, 6) is -0.0556. The van der Waals surface area contributed by atoms with Gasteiger partial charge in [-0.3, -0.25) is 19.6 Å². The third kappa shape index (κ3) is 5.32. The molecule has 0 radical (unpaired) electrons. The van der Waals surface area contributed by atoms with Gasteiger partial charge in [-0.05, 0) is 43.2 Å². The number of amides is 1. The highest BCUT2D eigenvalue weighted by atomic mass is 32.2. The number of benzene rings is 2. The zero-order valence-electron chi connectivity index (χ0n) is 15.9. The lowest BCUT2D eigenvalue weighted by Crippen LogP contribution is -2.33. The summed E-state index contributed by atoms with van der Waals surface area (Å²) in [6.07, 6.45) is 5.45. The maximum atomic E-state index is 12.7. The van der Waals surface area contributed by atoms with Crippen LogP contribution in [-0.2, 0) is 10.0 Å². The fraction of sp³-hybridized carbons (Fsp3) is 0.350. The van der Waals surface area contributed by atoms with Crippen molar-refractivity contribution in [2.24, 2.45) is 0 Å². The van der Waals surface area contributed by atoms with E-state index in [1.165, 1.54) is 36.8 Å². The highest BCUT2D eigenvalue weighted by molar-refractivity contribution is 7.92. The normalized spacial score (nSPS) is 15.2. The molecule has 0 aromatic heterocycles. The molecular formula is C20H23N3O5S. The molecule has 3 rings (SSSR count). The molecule has 8 nitrogen and oxygen atoms in total. The lowest BCUT2D eigenvalue weighted by atomic mass is 10.1. The molecule has 1 heterocycles. The summed E-state index contributed by atoms with van der Waals surface area (Å²) in [6.45, 7) is 1.47. The molecule has 1 aliphatic heterocycles. The largest absolute Gasteiger partial charge is 0.339 e. The van der Waals surface area contributed by atoms with Crippen LogP contribution < -0.4 is 4.72 Å². The Balaban J connectivity index is 1.72. The number of non-ortho nitro benzene ring substituents is 1. The fourth-order valence-corrected chi connectivity index (χ4v) is 4.39. The molecule has 2 aromatic carbocycles. The molecule has 0 unspecified atom stereocenters. The molecular weight excluding hydrogens is 394 g/mol. The van der Waals surface area contributed by atoms with Crippen LogP contribution in [0.1, 0.15) is 42.5 Å². The van der Waals surface area contributed by atoms with Gasteiger partial charge >= 0.3 is 0 Å². The van der Waals surface area contributed by atoms with E-state index in [9.17, 15) is 23.3 Å². The second-order valence-electron chi connectivity index (χ2n) is 7.00. The van der Waals surface area contributed by atoms with Crippen molar-refractivity contribution in [2.45, 2.75) is 37.0 Å². The Morgan fingerprint density at radius 3 is 2.21 bits per heavy atom. The third-order valence-electron chi connectivity index (χ3n) is 4.87. The molecule has 0 saturated carbocycles. The molecule has 29 heavy (non-hydrogen) atoms. The van der Waals surface area contributed by atoms with Gasteiger partial charge in [0.15, 0.2) is 0 Å². The quantitative estimate of drug-likeness (QED) is 0.588. The smallest absolute Gasteiger partial charge is 0.270 e. The van der Waals surface area contributed by atoms with Crippen molar-refractivity contribution >= 4 is 27.3 Å². The number of hydrogen-bond donors (Lipinski definition) is 1. The van der Waals surface area contributed by atoms with Crippen LogP contribution in [0.5, 0.6) is 0 Å². The maximum absolute atomic E-state index is 12.7. The number of sulfonamides is 1. The molecule has 1 fully saturated rings. The second kappa shape index (κ2) is 9.04. The number of carbonyl (C=O) groups is 1. The van der Waals surface area contributed by atoms with Crippen molar-refractivity contribution in [2.75, 3.05) is 17.8 Å². The SMILES string of the molecule is O=C(c1ccc(NS(=O)(=O)c2cccc([N+](=O)[O-])c2)cc1)N1CCCCCCC1. The molecule has 0 atom stereocenters. The van der Waals surface area contributed by atoms with E-state index in [2.05, 4.69) is 4.72 Å². The van der Waals surface area contributed by atoms with Crippen LogP contribution in [0.3, 0.4) is 0 Å². The molecule has 0 bridgehead atoms. The highest BCUT2D eigenvalue weighted by Gasteiger charge is 2.19. The highest BCUT2D eigenvalue weighted by Crippen LogP contribution is 2.21. The first-order valence-electron chi connectivity index (χ1n) is 9.53. The average Bonchev–Trinajstić information content (AvgIpc) is 2.68. The Labute approximate surface area is 169 Å². The Morgan fingerprint density at radius 2 is 1.59 bits per heavy atom. The number of nitro benzene ring substituents is 1. The summed E-state index contributed by atoms with van der Waals surface area (Å²) in [5, 5.41) is 10.9. The summed E-state index contributed by atoms with van der Waals surface area (Å²) in [5.41, 5.74) is 0.478. The summed E-state index contributed by atoms with van der Waals surface area (Å²) >= 11 is 0. The van der Waals surface area contributed by atoms with Gasteiger partial charge < -0.3 is 4.90 Å². The third-order valence-corrected chi connectivity index (χ3v) is 6.25. The van der Waals surface area contributed by atoms with Gasteiger partial charge in [0.25, 0.3) is 21.6 Å². The van der Waals surface area contributed by atoms with E-state index < -0.39 is 14.9 Å². The van der Waals surface area contributed by atoms with Gasteiger partial charge in [-0.1, -0.05) is 25.3 Å². The molecule has 1 aliphatic rings. The number of nitro groups is 1. The van der Waals surface area contributed by atoms with E-state index in [1.807, 2.05) is 4.90 Å². The van der Waals surface area contributed by atoms with Crippen molar-refractivity contribution in [1.29, 1.82) is 0 Å². The summed E-state index contributed by atoms with van der Waals surface area (Å²) in [6, 6.07) is 11.1. The van der Waals surface area contributed by atoms with E-state index in [-0.39, 0.29) is 22.2 Å². The standard InChI is InChI=1S/C20H23N3O5S/c24-20(22-13-4-2-1-3-5-14-22)16-9-11-17(12-10-16)21-29(27,28)19-8-6-7-18(15-19)23(25)26/h6-12,15,21H,1-5,13-14H2. The van der Waals surface area contributed by atoms with Gasteiger partial charge in [-0.2, -0.15) is 0 Å². The van der Waals surface area contributed by atoms with Gasteiger partial charge in [0.05, 0.1) is 9.82 Å². The van der Waals surface area contributed by atoms with Crippen molar-refractivity contribution in [1.82, 2.24) is 4.90 Å². The van der Waals surface area contributed by atoms with Crippen molar-refractivity contribution in [3.63, 3.8) is 0 Å². The summed E-state index contributed by atoms with van der Waals surface area (Å²) < 4.78 is 27.4. The van der Waals surface area contributed by atoms with Crippen LogP contribution in [0.15, 0.2) is 53.4 Å². The average molecular weight is 417 g/mol. The number of rotatable bonds is 5. The van der Waals surface area contributed by atoms with Crippen LogP contribution in [0.2, 0.25) is 0 Å². The van der Waals surface area contributed by atoms with E-state index >= 15 is 0 Å². The number of hydrogen-bond acceptors (Lipinski definition) is 5. The predicted octanol–water partition coefficient (Wildman–Crippen LogP) is 3.80. The zero-order valence-corrected chi connectivity index (χ0v) is 16.7. The number of nitrogens with zero attached hydrogens (tertiary/aromatic N) is 2. The molecule has 2 aromatic rings. The van der Waals surface area contributed by atoms with Gasteiger partial charge in [0.1, 0.15) is 0 Å². The van der Waals surface area contributed by atoms with Crippen LogP contribution in [-0.4, -0.2) is 37.2 Å². The minimum Gasteiger partial charge on any atom is -0.339 e. The van der Waals surface area contributed by atoms with Gasteiger partial charge in [-0.15, -0.1) is 0 Å². The fourth-order valence-electron chi connectivity index (χ4n) is 3.29. The second-order valence-corrected chi connectivity index (χ2v) is 8.68. The topological polar surface area (TPSA) is 110 Å². The first kappa shape index (κ1) is 20.8. The number of carbonyl (C=O) groups excluding carboxylic acids is 1. The molecule has 1 saturated heterocycles. The minimum absolute atomic E-state index is 0.0556. The zero-order chi connectivity index (χ0) is 20.9. The molecule has 0 aliphatic carbocycles. The first-order chi connectivity index (χ1) is 13.9. The lowest BCUT2D eigenvalue weighted by molar-refractivity contribution is -0.385. The molecule has 0 spiro atoms. The van der Waals surface area contributed by atoms with E-state index in [0.717, 1.165) is 44.8 Å². The minimum atomic E-state index is -3.98. The Hall–Kier alpha value is -2.94. The molecule has 154 valence electrons. The van der Waals surface area contributed by atoms with Crippen LogP contribution in [0.25, 0.3) is 0 Å². The first-order valence-corrected chi connectivity index (χ1v) is 11.0. The monoisotopic (exact) mass is 417 g/mol.